The molecule has 0 saturated carbocycles. The van der Waals surface area contributed by atoms with E-state index < -0.39 is 0 Å². The van der Waals surface area contributed by atoms with E-state index in [0.29, 0.717) is 6.42 Å². The zero-order chi connectivity index (χ0) is 11.5. The average Bonchev–Trinajstić information content (AvgIpc) is 2.29. The highest BCUT2D eigenvalue weighted by molar-refractivity contribution is 6.31. The number of aliphatic hydroxyl groups excluding tert-OH is 1. The Morgan fingerprint density at radius 2 is 2.06 bits per heavy atom. The summed E-state index contributed by atoms with van der Waals surface area (Å²) in [6.07, 6.45) is 5.25. The highest BCUT2D eigenvalue weighted by Gasteiger charge is 2.16. The van der Waals surface area contributed by atoms with Gasteiger partial charge in [0.1, 0.15) is 0 Å². The molecule has 1 aliphatic carbocycles. The van der Waals surface area contributed by atoms with Gasteiger partial charge in [0.05, 0.1) is 0 Å². The second-order valence-corrected chi connectivity index (χ2v) is 4.87. The molecule has 0 saturated heterocycles. The van der Waals surface area contributed by atoms with Gasteiger partial charge < -0.3 is 10.8 Å². The Labute approximate surface area is 101 Å². The van der Waals surface area contributed by atoms with Crippen molar-refractivity contribution in [2.75, 3.05) is 6.61 Å². The first-order chi connectivity index (χ1) is 7.72. The summed E-state index contributed by atoms with van der Waals surface area (Å²) >= 11 is 6.27. The predicted molar refractivity (Wildman–Crippen MR) is 66.7 cm³/mol. The molecule has 2 nitrogen and oxygen atoms in total. The molecule has 88 valence electrons. The zero-order valence-electron chi connectivity index (χ0n) is 9.38. The molecule has 1 unspecified atom stereocenters. The molecule has 3 N–H and O–H groups in total. The van der Waals surface area contributed by atoms with Crippen molar-refractivity contribution in [1.82, 2.24) is 0 Å². The van der Waals surface area contributed by atoms with Crippen LogP contribution in [-0.2, 0) is 12.8 Å². The summed E-state index contributed by atoms with van der Waals surface area (Å²) in [6.45, 7) is 0.121. The van der Waals surface area contributed by atoms with Crippen LogP contribution in [0, 0.1) is 0 Å². The summed E-state index contributed by atoms with van der Waals surface area (Å²) in [5.41, 5.74) is 9.69. The minimum absolute atomic E-state index is 0.102. The van der Waals surface area contributed by atoms with Gasteiger partial charge >= 0.3 is 0 Å². The van der Waals surface area contributed by atoms with Crippen LogP contribution in [0.4, 0.5) is 0 Å². The molecule has 0 aliphatic heterocycles. The number of aryl methyl sites for hydroxylation is 1. The normalized spacial score (nSPS) is 16.9. The van der Waals surface area contributed by atoms with Gasteiger partial charge in [-0.2, -0.15) is 0 Å². The molecule has 0 radical (unpaired) electrons. The number of fused-ring (bicyclic) bond motifs is 1. The molecule has 3 heteroatoms. The molecule has 0 amide bonds. The maximum atomic E-state index is 8.89. The molecule has 1 aromatic rings. The van der Waals surface area contributed by atoms with Crippen molar-refractivity contribution in [2.45, 2.75) is 38.1 Å². The van der Waals surface area contributed by atoms with Crippen LogP contribution in [0.3, 0.4) is 0 Å². The van der Waals surface area contributed by atoms with Gasteiger partial charge in [0.2, 0.25) is 0 Å². The molecule has 0 aromatic heterocycles. The maximum Gasteiger partial charge on any atom is 0.0449 e. The topological polar surface area (TPSA) is 46.2 Å². The lowest BCUT2D eigenvalue weighted by Crippen LogP contribution is -2.14. The molecule has 0 bridgehead atoms. The number of nitrogens with two attached hydrogens (primary N) is 1. The van der Waals surface area contributed by atoms with Gasteiger partial charge in [0, 0.05) is 17.7 Å². The highest BCUT2D eigenvalue weighted by Crippen LogP contribution is 2.31. The molecule has 0 fully saturated rings. The smallest absolute Gasteiger partial charge is 0.0449 e. The molecular formula is C13H18ClNO. The summed E-state index contributed by atoms with van der Waals surface area (Å²) in [7, 11) is 0. The van der Waals surface area contributed by atoms with E-state index in [0.717, 1.165) is 23.4 Å². The molecule has 0 spiro atoms. The van der Waals surface area contributed by atoms with Gasteiger partial charge in [-0.25, -0.2) is 0 Å². The van der Waals surface area contributed by atoms with Crippen molar-refractivity contribution < 1.29 is 5.11 Å². The van der Waals surface area contributed by atoms with E-state index in [-0.39, 0.29) is 12.6 Å². The number of hydrogen-bond donors (Lipinski definition) is 2. The van der Waals surface area contributed by atoms with Crippen LogP contribution >= 0.6 is 11.6 Å². The molecular weight excluding hydrogens is 222 g/mol. The van der Waals surface area contributed by atoms with E-state index in [1.807, 2.05) is 6.07 Å². The highest BCUT2D eigenvalue weighted by atomic mass is 35.5. The first-order valence-corrected chi connectivity index (χ1v) is 6.28. The van der Waals surface area contributed by atoms with E-state index in [2.05, 4.69) is 6.07 Å². The molecule has 1 atom stereocenters. The Hall–Kier alpha value is -0.570. The maximum absolute atomic E-state index is 8.89. The van der Waals surface area contributed by atoms with E-state index in [4.69, 9.17) is 22.4 Å². The molecule has 2 rings (SSSR count). The third-order valence-corrected chi connectivity index (χ3v) is 3.64. The van der Waals surface area contributed by atoms with Crippen LogP contribution in [-0.4, -0.2) is 11.7 Å². The number of rotatable bonds is 3. The Morgan fingerprint density at radius 1 is 1.31 bits per heavy atom. The SMILES string of the molecule is NC(CCO)c1cc(Cl)c2c(c1)CCCC2. The second-order valence-electron chi connectivity index (χ2n) is 4.47. The summed E-state index contributed by atoms with van der Waals surface area (Å²) < 4.78 is 0. The molecule has 1 aliphatic rings. The van der Waals surface area contributed by atoms with Gasteiger partial charge in [-0.05, 0) is 54.9 Å². The zero-order valence-corrected chi connectivity index (χ0v) is 10.1. The first kappa shape index (κ1) is 11.9. The average molecular weight is 240 g/mol. The summed E-state index contributed by atoms with van der Waals surface area (Å²) in [5.74, 6) is 0. The first-order valence-electron chi connectivity index (χ1n) is 5.90. The van der Waals surface area contributed by atoms with Crippen molar-refractivity contribution in [2.24, 2.45) is 5.73 Å². The van der Waals surface area contributed by atoms with E-state index in [1.54, 1.807) is 0 Å². The number of benzene rings is 1. The van der Waals surface area contributed by atoms with Gasteiger partial charge in [0.25, 0.3) is 0 Å². The largest absolute Gasteiger partial charge is 0.396 e. The van der Waals surface area contributed by atoms with Crippen LogP contribution in [0.5, 0.6) is 0 Å². The fourth-order valence-corrected chi connectivity index (χ4v) is 2.70. The van der Waals surface area contributed by atoms with Crippen molar-refractivity contribution in [1.29, 1.82) is 0 Å². The summed E-state index contributed by atoms with van der Waals surface area (Å²) in [4.78, 5) is 0. The third-order valence-electron chi connectivity index (χ3n) is 3.30. The number of hydrogen-bond acceptors (Lipinski definition) is 2. The summed E-state index contributed by atoms with van der Waals surface area (Å²) in [5, 5.41) is 9.74. The molecule has 0 heterocycles. The van der Waals surface area contributed by atoms with Crippen molar-refractivity contribution in [3.8, 4) is 0 Å². The van der Waals surface area contributed by atoms with Gasteiger partial charge in [-0.15, -0.1) is 0 Å². The second kappa shape index (κ2) is 5.17. The van der Waals surface area contributed by atoms with Gasteiger partial charge in [0.15, 0.2) is 0 Å². The Kier molecular flexibility index (Phi) is 3.85. The van der Waals surface area contributed by atoms with Gasteiger partial charge in [-0.3, -0.25) is 0 Å². The fourth-order valence-electron chi connectivity index (χ4n) is 2.36. The van der Waals surface area contributed by atoms with E-state index >= 15 is 0 Å². The quantitative estimate of drug-likeness (QED) is 0.852. The monoisotopic (exact) mass is 239 g/mol. The minimum Gasteiger partial charge on any atom is -0.396 e. The fraction of sp³-hybridized carbons (Fsp3) is 0.538. The van der Waals surface area contributed by atoms with Crippen molar-refractivity contribution >= 4 is 11.6 Å². The van der Waals surface area contributed by atoms with Crippen LogP contribution in [0.15, 0.2) is 12.1 Å². The lowest BCUT2D eigenvalue weighted by molar-refractivity contribution is 0.276. The minimum atomic E-state index is -0.102. The lowest BCUT2D eigenvalue weighted by atomic mass is 9.89. The van der Waals surface area contributed by atoms with Crippen molar-refractivity contribution in [3.05, 3.63) is 33.8 Å². The van der Waals surface area contributed by atoms with Crippen molar-refractivity contribution in [3.63, 3.8) is 0 Å². The lowest BCUT2D eigenvalue weighted by Gasteiger charge is -2.20. The predicted octanol–water partition coefficient (Wildman–Crippen LogP) is 2.60. The summed E-state index contributed by atoms with van der Waals surface area (Å²) in [6, 6.07) is 4.03. The number of aliphatic hydroxyl groups is 1. The van der Waals surface area contributed by atoms with Crippen LogP contribution in [0.1, 0.15) is 42.0 Å². The van der Waals surface area contributed by atoms with Crippen LogP contribution < -0.4 is 5.73 Å². The van der Waals surface area contributed by atoms with Gasteiger partial charge in [-0.1, -0.05) is 17.7 Å². The van der Waals surface area contributed by atoms with Crippen LogP contribution in [0.2, 0.25) is 5.02 Å². The molecule has 16 heavy (non-hydrogen) atoms. The van der Waals surface area contributed by atoms with E-state index in [9.17, 15) is 0 Å². The van der Waals surface area contributed by atoms with E-state index in [1.165, 1.54) is 24.0 Å². The van der Waals surface area contributed by atoms with Crippen LogP contribution in [0.25, 0.3) is 0 Å². The Morgan fingerprint density at radius 3 is 2.81 bits per heavy atom. The standard InChI is InChI=1S/C13H18ClNO/c14-12-8-10(13(15)5-6-16)7-9-3-1-2-4-11(9)12/h7-8,13,16H,1-6,15H2. The Balaban J connectivity index is 2.31. The molecule has 1 aromatic carbocycles. The third kappa shape index (κ3) is 2.40. The Bertz CT molecular complexity index is 378. The number of halogens is 1.